The first-order valence-electron chi connectivity index (χ1n) is 6.90. The number of nitrogens with one attached hydrogen (secondary N) is 1. The summed E-state index contributed by atoms with van der Waals surface area (Å²) in [6.45, 7) is 1.09. The van der Waals surface area contributed by atoms with E-state index in [0.717, 1.165) is 11.9 Å². The van der Waals surface area contributed by atoms with Crippen LogP contribution in [-0.4, -0.2) is 29.7 Å². The molecule has 0 bridgehead atoms. The summed E-state index contributed by atoms with van der Waals surface area (Å²) in [5.41, 5.74) is 1.02. The van der Waals surface area contributed by atoms with Crippen molar-refractivity contribution in [1.29, 1.82) is 0 Å². The van der Waals surface area contributed by atoms with Crippen LogP contribution >= 0.6 is 0 Å². The van der Waals surface area contributed by atoms with Crippen LogP contribution in [0.2, 0.25) is 0 Å². The molecule has 3 aromatic rings. The van der Waals surface area contributed by atoms with Gasteiger partial charge in [-0.2, -0.15) is 0 Å². The summed E-state index contributed by atoms with van der Waals surface area (Å²) >= 11 is 0. The average Bonchev–Trinajstić information content (AvgIpc) is 3.14. The Balaban J connectivity index is 1.56. The lowest BCUT2D eigenvalue weighted by Crippen LogP contribution is -2.27. The van der Waals surface area contributed by atoms with Crippen LogP contribution in [0.4, 0.5) is 0 Å². The number of rotatable bonds is 7. The van der Waals surface area contributed by atoms with Crippen molar-refractivity contribution in [1.82, 2.24) is 19.4 Å². The fourth-order valence-corrected chi connectivity index (χ4v) is 3.31. The van der Waals surface area contributed by atoms with Gasteiger partial charge in [0, 0.05) is 30.9 Å². The summed E-state index contributed by atoms with van der Waals surface area (Å²) in [6, 6.07) is 7.21. The highest BCUT2D eigenvalue weighted by Gasteiger charge is 2.16. The van der Waals surface area contributed by atoms with Crippen molar-refractivity contribution in [2.45, 2.75) is 18.7 Å². The van der Waals surface area contributed by atoms with E-state index in [4.69, 9.17) is 4.52 Å². The lowest BCUT2D eigenvalue weighted by Gasteiger charge is -2.05. The van der Waals surface area contributed by atoms with Gasteiger partial charge >= 0.3 is 0 Å². The number of para-hydroxylation sites is 1. The highest BCUT2D eigenvalue weighted by molar-refractivity contribution is 7.88. The van der Waals surface area contributed by atoms with Crippen LogP contribution in [0.15, 0.2) is 47.5 Å². The van der Waals surface area contributed by atoms with Gasteiger partial charge in [-0.3, -0.25) is 0 Å². The van der Waals surface area contributed by atoms with Gasteiger partial charge in [0.05, 0.1) is 6.33 Å². The first-order valence-corrected chi connectivity index (χ1v) is 8.56. The van der Waals surface area contributed by atoms with Gasteiger partial charge in [0.1, 0.15) is 11.4 Å². The molecule has 0 radical (unpaired) electrons. The number of benzene rings is 1. The number of aromatic nitrogens is 3. The van der Waals surface area contributed by atoms with Crippen molar-refractivity contribution in [2.75, 3.05) is 6.54 Å². The van der Waals surface area contributed by atoms with Crippen molar-refractivity contribution in [2.24, 2.45) is 0 Å². The molecule has 0 saturated carbocycles. The Morgan fingerprint density at radius 3 is 2.95 bits per heavy atom. The van der Waals surface area contributed by atoms with Gasteiger partial charge in [0.25, 0.3) is 0 Å². The molecule has 0 atom stereocenters. The summed E-state index contributed by atoms with van der Waals surface area (Å²) in [4.78, 5) is 3.93. The van der Waals surface area contributed by atoms with Crippen LogP contribution < -0.4 is 4.72 Å². The Morgan fingerprint density at radius 2 is 2.14 bits per heavy atom. The standard InChI is InChI=1S/C14H16N4O3S/c19-22(20,16-6-3-8-18-9-7-15-11-18)10-13-12-4-1-2-5-14(12)21-17-13/h1-2,4-5,7,9,11,16H,3,6,8,10H2. The van der Waals surface area contributed by atoms with Gasteiger partial charge in [0.2, 0.25) is 10.0 Å². The Morgan fingerprint density at radius 1 is 1.27 bits per heavy atom. The van der Waals surface area contributed by atoms with E-state index in [9.17, 15) is 8.42 Å². The third-order valence-corrected chi connectivity index (χ3v) is 4.55. The van der Waals surface area contributed by atoms with Crippen LogP contribution in [0, 0.1) is 0 Å². The fourth-order valence-electron chi connectivity index (χ4n) is 2.18. The largest absolute Gasteiger partial charge is 0.356 e. The highest BCUT2D eigenvalue weighted by atomic mass is 32.2. The second kappa shape index (κ2) is 6.29. The molecule has 7 nitrogen and oxygen atoms in total. The number of nitrogens with zero attached hydrogens (tertiary/aromatic N) is 3. The van der Waals surface area contributed by atoms with Crippen LogP contribution in [0.5, 0.6) is 0 Å². The summed E-state index contributed by atoms with van der Waals surface area (Å²) in [7, 11) is -3.43. The first kappa shape index (κ1) is 14.7. The van der Waals surface area contributed by atoms with Crippen molar-refractivity contribution in [3.05, 3.63) is 48.7 Å². The van der Waals surface area contributed by atoms with Crippen molar-refractivity contribution >= 4 is 21.0 Å². The normalized spacial score (nSPS) is 12.0. The summed E-state index contributed by atoms with van der Waals surface area (Å²) in [5, 5.41) is 4.57. The zero-order valence-electron chi connectivity index (χ0n) is 11.8. The molecular weight excluding hydrogens is 304 g/mol. The minimum atomic E-state index is -3.43. The molecule has 0 aliphatic heterocycles. The monoisotopic (exact) mass is 320 g/mol. The first-order chi connectivity index (χ1) is 10.6. The topological polar surface area (TPSA) is 90.0 Å². The molecule has 0 amide bonds. The van der Waals surface area contributed by atoms with Gasteiger partial charge in [-0.25, -0.2) is 18.1 Å². The molecule has 2 heterocycles. The van der Waals surface area contributed by atoms with Gasteiger partial charge in [0.15, 0.2) is 5.58 Å². The highest BCUT2D eigenvalue weighted by Crippen LogP contribution is 2.19. The maximum absolute atomic E-state index is 12.1. The second-order valence-electron chi connectivity index (χ2n) is 4.93. The quantitative estimate of drug-likeness (QED) is 0.667. The smallest absolute Gasteiger partial charge is 0.217 e. The Bertz CT molecular complexity index is 840. The van der Waals surface area contributed by atoms with Crippen LogP contribution in [-0.2, 0) is 22.3 Å². The minimum Gasteiger partial charge on any atom is -0.356 e. The van der Waals surface area contributed by atoms with Gasteiger partial charge in [-0.15, -0.1) is 0 Å². The summed E-state index contributed by atoms with van der Waals surface area (Å²) < 4.78 is 33.8. The predicted molar refractivity (Wildman–Crippen MR) is 81.5 cm³/mol. The maximum Gasteiger partial charge on any atom is 0.217 e. The zero-order valence-corrected chi connectivity index (χ0v) is 12.7. The van der Waals surface area contributed by atoms with Crippen molar-refractivity contribution in [3.8, 4) is 0 Å². The molecular formula is C14H16N4O3S. The van der Waals surface area contributed by atoms with Gasteiger partial charge < -0.3 is 9.09 Å². The van der Waals surface area contributed by atoms with E-state index in [0.29, 0.717) is 24.2 Å². The lowest BCUT2D eigenvalue weighted by atomic mass is 10.2. The van der Waals surface area contributed by atoms with E-state index >= 15 is 0 Å². The third-order valence-electron chi connectivity index (χ3n) is 3.25. The predicted octanol–water partition coefficient (Wildman–Crippen LogP) is 1.53. The van der Waals surface area contributed by atoms with E-state index in [2.05, 4.69) is 14.9 Å². The summed E-state index contributed by atoms with van der Waals surface area (Å²) in [6.07, 6.45) is 5.93. The molecule has 2 aromatic heterocycles. The van der Waals surface area contributed by atoms with E-state index in [1.54, 1.807) is 24.7 Å². The third kappa shape index (κ3) is 3.52. The van der Waals surface area contributed by atoms with Crippen LogP contribution in [0.25, 0.3) is 11.0 Å². The van der Waals surface area contributed by atoms with Gasteiger partial charge in [-0.05, 0) is 18.6 Å². The number of aryl methyl sites for hydroxylation is 1. The SMILES string of the molecule is O=S(=O)(Cc1noc2ccccc12)NCCCn1ccnc1. The van der Waals surface area contributed by atoms with Crippen LogP contribution in [0.3, 0.4) is 0 Å². The number of hydrogen-bond acceptors (Lipinski definition) is 5. The molecule has 0 aliphatic carbocycles. The number of sulfonamides is 1. The average molecular weight is 320 g/mol. The molecule has 0 unspecified atom stereocenters. The van der Waals surface area contributed by atoms with Crippen molar-refractivity contribution in [3.63, 3.8) is 0 Å². The molecule has 0 saturated heterocycles. The van der Waals surface area contributed by atoms with Gasteiger partial charge in [-0.1, -0.05) is 17.3 Å². The number of hydrogen-bond donors (Lipinski definition) is 1. The maximum atomic E-state index is 12.1. The molecule has 8 heteroatoms. The van der Waals surface area contributed by atoms with E-state index in [1.165, 1.54) is 0 Å². The molecule has 1 N–H and O–H groups in total. The Hall–Kier alpha value is -2.19. The second-order valence-corrected chi connectivity index (χ2v) is 6.74. The number of imidazole rings is 1. The zero-order chi connectivity index (χ0) is 15.4. The van der Waals surface area contributed by atoms with Crippen LogP contribution in [0.1, 0.15) is 12.1 Å². The van der Waals surface area contributed by atoms with E-state index in [-0.39, 0.29) is 5.75 Å². The molecule has 0 spiro atoms. The molecule has 22 heavy (non-hydrogen) atoms. The lowest BCUT2D eigenvalue weighted by molar-refractivity contribution is 0.448. The minimum absolute atomic E-state index is 0.185. The molecule has 0 aliphatic rings. The number of fused-ring (bicyclic) bond motifs is 1. The molecule has 0 fully saturated rings. The van der Waals surface area contributed by atoms with Crippen molar-refractivity contribution < 1.29 is 12.9 Å². The molecule has 1 aromatic carbocycles. The fraction of sp³-hybridized carbons (Fsp3) is 0.286. The summed E-state index contributed by atoms with van der Waals surface area (Å²) in [5.74, 6) is -0.185. The Labute approximate surface area is 128 Å². The van der Waals surface area contributed by atoms with E-state index < -0.39 is 10.0 Å². The molecule has 3 rings (SSSR count). The molecule has 116 valence electrons. The van der Waals surface area contributed by atoms with E-state index in [1.807, 2.05) is 22.9 Å². The Kier molecular flexibility index (Phi) is 4.21.